The van der Waals surface area contributed by atoms with Gasteiger partial charge in [0.15, 0.2) is 5.78 Å². The van der Waals surface area contributed by atoms with Crippen LogP contribution < -0.4 is 10.2 Å². The van der Waals surface area contributed by atoms with E-state index in [2.05, 4.69) is 25.7 Å². The van der Waals surface area contributed by atoms with Crippen molar-refractivity contribution in [3.05, 3.63) is 64.9 Å². The van der Waals surface area contributed by atoms with Crippen LogP contribution in [0.3, 0.4) is 0 Å². The Hall–Kier alpha value is -4.22. The quantitative estimate of drug-likeness (QED) is 0.0470. The smallest absolute Gasteiger partial charge is 0.414 e. The van der Waals surface area contributed by atoms with Gasteiger partial charge in [-0.25, -0.2) is 15.1 Å². The summed E-state index contributed by atoms with van der Waals surface area (Å²) in [4.78, 5) is 46.3. The van der Waals surface area contributed by atoms with Crippen LogP contribution in [-0.2, 0) is 16.0 Å². The predicted octanol–water partition coefficient (Wildman–Crippen LogP) is 5.95. The monoisotopic (exact) mass is 612 g/mol. The van der Waals surface area contributed by atoms with Crippen molar-refractivity contribution in [2.45, 2.75) is 72.1 Å². The molecule has 0 saturated carbocycles. The third-order valence-electron chi connectivity index (χ3n) is 6.95. The molecule has 44 heavy (non-hydrogen) atoms. The summed E-state index contributed by atoms with van der Waals surface area (Å²) in [6.45, 7) is 10.5. The van der Waals surface area contributed by atoms with Crippen molar-refractivity contribution >= 4 is 34.6 Å². The van der Waals surface area contributed by atoms with Crippen molar-refractivity contribution in [1.29, 1.82) is 0 Å². The van der Waals surface area contributed by atoms with Crippen LogP contribution in [0.2, 0.25) is 0 Å². The van der Waals surface area contributed by atoms with Crippen molar-refractivity contribution in [3.63, 3.8) is 0 Å². The first-order valence-electron chi connectivity index (χ1n) is 15.1. The summed E-state index contributed by atoms with van der Waals surface area (Å²) in [5.41, 5.74) is 3.44. The zero-order chi connectivity index (χ0) is 32.5. The summed E-state index contributed by atoms with van der Waals surface area (Å²) in [6.07, 6.45) is 8.29. The topological polar surface area (TPSA) is 167 Å². The summed E-state index contributed by atoms with van der Waals surface area (Å²) in [5.74, 6) is -3.10. The number of aliphatic carboxylic acids is 2. The van der Waals surface area contributed by atoms with E-state index in [-0.39, 0.29) is 11.3 Å². The first-order valence-corrected chi connectivity index (χ1v) is 15.1. The number of aryl methyl sites for hydroxylation is 1. The number of carboxylic acid groups (broad SMARTS) is 2. The molecule has 1 heterocycles. The Kier molecular flexibility index (Phi) is 15.6. The summed E-state index contributed by atoms with van der Waals surface area (Å²) in [7, 11) is 0. The Balaban J connectivity index is 0.00000102. The number of hydrogen-bond donors (Lipinski definition) is 4. The first-order chi connectivity index (χ1) is 21.2. The van der Waals surface area contributed by atoms with Gasteiger partial charge in [-0.1, -0.05) is 40.0 Å². The molecule has 240 valence electrons. The average molecular weight is 613 g/mol. The van der Waals surface area contributed by atoms with Crippen LogP contribution in [0.15, 0.2) is 46.9 Å². The zero-order valence-electron chi connectivity index (χ0n) is 25.8. The van der Waals surface area contributed by atoms with Crippen molar-refractivity contribution in [3.8, 4) is 5.75 Å². The van der Waals surface area contributed by atoms with Gasteiger partial charge in [-0.3, -0.25) is 14.8 Å². The van der Waals surface area contributed by atoms with Crippen LogP contribution in [0.5, 0.6) is 5.75 Å². The Bertz CT molecular complexity index is 1350. The Morgan fingerprint density at radius 3 is 1.91 bits per heavy atom. The number of carbonyl (C=O) groups is 4. The molecular formula is C33H44N2O9. The largest absolute Gasteiger partial charge is 0.494 e. The molecule has 11 heteroatoms. The first kappa shape index (κ1) is 36.0. The Morgan fingerprint density at radius 2 is 1.36 bits per heavy atom. The van der Waals surface area contributed by atoms with Gasteiger partial charge in [0.2, 0.25) is 0 Å². The van der Waals surface area contributed by atoms with Gasteiger partial charge in [0, 0.05) is 29.5 Å². The van der Waals surface area contributed by atoms with Gasteiger partial charge in [0.05, 0.1) is 12.2 Å². The van der Waals surface area contributed by atoms with E-state index in [9.17, 15) is 9.59 Å². The van der Waals surface area contributed by atoms with E-state index in [1.165, 1.54) is 25.7 Å². The van der Waals surface area contributed by atoms with Crippen molar-refractivity contribution in [2.24, 2.45) is 0 Å². The van der Waals surface area contributed by atoms with Crippen LogP contribution in [0.4, 0.5) is 0 Å². The summed E-state index contributed by atoms with van der Waals surface area (Å²) >= 11 is 0. The summed E-state index contributed by atoms with van der Waals surface area (Å²) in [5, 5.41) is 24.4. The number of hydrogen-bond acceptors (Lipinski definition) is 8. The SMILES string of the molecule is CCCCc1oc2ccc(C(=O)NO)cc2c1C(=O)c1ccc(OCCCN(CCCC)CCCC)cc1.O=C(O)C(=O)O. The minimum atomic E-state index is -1.82. The molecule has 3 aromatic rings. The molecule has 3 rings (SSSR count). The molecule has 0 spiro atoms. The number of hydroxylamine groups is 1. The number of ketones is 1. The molecule has 0 saturated heterocycles. The molecular weight excluding hydrogens is 568 g/mol. The van der Waals surface area contributed by atoms with E-state index < -0.39 is 17.8 Å². The second-order valence-corrected chi connectivity index (χ2v) is 10.4. The lowest BCUT2D eigenvalue weighted by Crippen LogP contribution is -2.28. The standard InChI is InChI=1S/C31H42N2O5.C2H2O4/c1-4-7-11-28-29(26-22-24(31(35)32-36)14-17-27(26)38-28)30(34)23-12-15-25(16-13-23)37-21-10-20-33(18-8-5-2)19-9-6-3;3-1(4)2(5)6/h12-17,22,36H,4-11,18-21H2,1-3H3,(H,32,35);(H,3,4)(H,5,6). The number of nitrogens with one attached hydrogen (secondary N) is 1. The van der Waals surface area contributed by atoms with E-state index >= 15 is 0 Å². The van der Waals surface area contributed by atoms with E-state index in [0.717, 1.165) is 44.6 Å². The predicted molar refractivity (Wildman–Crippen MR) is 166 cm³/mol. The van der Waals surface area contributed by atoms with E-state index in [0.29, 0.717) is 40.9 Å². The third-order valence-corrected chi connectivity index (χ3v) is 6.95. The highest BCUT2D eigenvalue weighted by Crippen LogP contribution is 2.31. The molecule has 0 aliphatic carbocycles. The highest BCUT2D eigenvalue weighted by Gasteiger charge is 2.23. The molecule has 0 unspecified atom stereocenters. The number of unbranched alkanes of at least 4 members (excludes halogenated alkanes) is 3. The molecule has 0 aliphatic rings. The lowest BCUT2D eigenvalue weighted by atomic mass is 9.97. The van der Waals surface area contributed by atoms with Gasteiger partial charge in [0.25, 0.3) is 5.91 Å². The summed E-state index contributed by atoms with van der Waals surface area (Å²) in [6, 6.07) is 12.0. The zero-order valence-corrected chi connectivity index (χ0v) is 25.8. The number of rotatable bonds is 17. The molecule has 11 nitrogen and oxygen atoms in total. The van der Waals surface area contributed by atoms with Gasteiger partial charge in [-0.15, -0.1) is 0 Å². The molecule has 4 N–H and O–H groups in total. The molecule has 1 aromatic heterocycles. The molecule has 1 amide bonds. The third kappa shape index (κ3) is 11.1. The van der Waals surface area contributed by atoms with Crippen molar-refractivity contribution < 1.29 is 43.8 Å². The van der Waals surface area contributed by atoms with Crippen LogP contribution in [-0.4, -0.2) is 70.2 Å². The van der Waals surface area contributed by atoms with Crippen LogP contribution >= 0.6 is 0 Å². The maximum absolute atomic E-state index is 13.6. The number of benzene rings is 2. The van der Waals surface area contributed by atoms with Crippen LogP contribution in [0.1, 0.15) is 97.8 Å². The maximum atomic E-state index is 13.6. The second-order valence-electron chi connectivity index (χ2n) is 10.4. The average Bonchev–Trinajstić information content (AvgIpc) is 3.40. The summed E-state index contributed by atoms with van der Waals surface area (Å²) < 4.78 is 12.0. The molecule has 0 radical (unpaired) electrons. The normalized spacial score (nSPS) is 10.8. The molecule has 2 aromatic carbocycles. The fourth-order valence-electron chi connectivity index (χ4n) is 4.54. The van der Waals surface area contributed by atoms with E-state index in [1.807, 2.05) is 12.1 Å². The van der Waals surface area contributed by atoms with Crippen molar-refractivity contribution in [1.82, 2.24) is 10.4 Å². The lowest BCUT2D eigenvalue weighted by molar-refractivity contribution is -0.159. The number of fused-ring (bicyclic) bond motifs is 1. The van der Waals surface area contributed by atoms with Gasteiger partial charge < -0.3 is 24.3 Å². The molecule has 0 bridgehead atoms. The number of nitrogens with zero attached hydrogens (tertiary/aromatic N) is 1. The fourth-order valence-corrected chi connectivity index (χ4v) is 4.54. The van der Waals surface area contributed by atoms with Crippen LogP contribution in [0, 0.1) is 0 Å². The van der Waals surface area contributed by atoms with Gasteiger partial charge >= 0.3 is 11.9 Å². The Morgan fingerprint density at radius 1 is 0.795 bits per heavy atom. The highest BCUT2D eigenvalue weighted by atomic mass is 16.5. The van der Waals surface area contributed by atoms with Crippen LogP contribution in [0.25, 0.3) is 11.0 Å². The number of amides is 1. The molecule has 0 atom stereocenters. The minimum Gasteiger partial charge on any atom is -0.494 e. The number of furan rings is 1. The van der Waals surface area contributed by atoms with E-state index in [4.69, 9.17) is 34.2 Å². The molecule has 0 aliphatic heterocycles. The maximum Gasteiger partial charge on any atom is 0.414 e. The van der Waals surface area contributed by atoms with Crippen molar-refractivity contribution in [2.75, 3.05) is 26.2 Å². The van der Waals surface area contributed by atoms with Gasteiger partial charge in [-0.05, 0) is 81.2 Å². The van der Waals surface area contributed by atoms with Gasteiger partial charge in [-0.2, -0.15) is 0 Å². The van der Waals surface area contributed by atoms with E-state index in [1.54, 1.807) is 35.8 Å². The number of ether oxygens (including phenoxy) is 1. The second kappa shape index (κ2) is 19.1. The highest BCUT2D eigenvalue weighted by molar-refractivity contribution is 6.27. The fraction of sp³-hybridized carbons (Fsp3) is 0.455. The Labute approximate surface area is 257 Å². The molecule has 0 fully saturated rings. The lowest BCUT2D eigenvalue weighted by Gasteiger charge is -2.21. The number of carbonyl (C=O) groups excluding carboxylic acids is 2. The minimum absolute atomic E-state index is 0.162. The van der Waals surface area contributed by atoms with Gasteiger partial charge in [0.1, 0.15) is 17.1 Å². The number of carboxylic acids is 2.